The van der Waals surface area contributed by atoms with E-state index in [0.717, 1.165) is 17.0 Å². The molecule has 0 unspecified atom stereocenters. The van der Waals surface area contributed by atoms with Crippen molar-refractivity contribution in [2.75, 3.05) is 0 Å². The van der Waals surface area contributed by atoms with Crippen molar-refractivity contribution in [1.82, 2.24) is 10.2 Å². The summed E-state index contributed by atoms with van der Waals surface area (Å²) in [4.78, 5) is 45.6. The normalized spacial score (nSPS) is 15.0. The monoisotopic (exact) mass is 384 g/mol. The van der Waals surface area contributed by atoms with E-state index in [0.29, 0.717) is 11.6 Å². The van der Waals surface area contributed by atoms with Gasteiger partial charge in [0.15, 0.2) is 0 Å². The van der Waals surface area contributed by atoms with Gasteiger partial charge in [-0.05, 0) is 11.6 Å². The molecular weight excluding hydrogens is 372 g/mol. The fourth-order valence-corrected chi connectivity index (χ4v) is 2.62. The number of amides is 3. The van der Waals surface area contributed by atoms with Crippen molar-refractivity contribution in [2.45, 2.75) is 6.54 Å². The van der Waals surface area contributed by atoms with E-state index in [-0.39, 0.29) is 17.8 Å². The van der Waals surface area contributed by atoms with E-state index in [9.17, 15) is 34.9 Å². The number of phenols is 1. The molecule has 0 bridgehead atoms. The number of carbonyl (C=O) groups excluding carboxylic acids is 2. The van der Waals surface area contributed by atoms with Gasteiger partial charge in [0.25, 0.3) is 11.6 Å². The van der Waals surface area contributed by atoms with E-state index < -0.39 is 38.9 Å². The van der Waals surface area contributed by atoms with Gasteiger partial charge in [0.1, 0.15) is 5.70 Å². The first-order valence-electron chi connectivity index (χ1n) is 7.82. The van der Waals surface area contributed by atoms with Gasteiger partial charge >= 0.3 is 11.7 Å². The number of nitro groups is 2. The van der Waals surface area contributed by atoms with Crippen LogP contribution in [0.25, 0.3) is 6.08 Å². The molecule has 1 heterocycles. The van der Waals surface area contributed by atoms with Crippen molar-refractivity contribution >= 4 is 29.4 Å². The number of urea groups is 1. The minimum absolute atomic E-state index is 0.0100. The third-order valence-corrected chi connectivity index (χ3v) is 3.96. The molecule has 1 fully saturated rings. The second-order valence-corrected chi connectivity index (χ2v) is 5.78. The Kier molecular flexibility index (Phi) is 4.73. The van der Waals surface area contributed by atoms with Gasteiger partial charge in [-0.2, -0.15) is 0 Å². The van der Waals surface area contributed by atoms with Gasteiger partial charge in [-0.25, -0.2) is 4.79 Å². The lowest BCUT2D eigenvalue weighted by Crippen LogP contribution is -2.30. The lowest BCUT2D eigenvalue weighted by molar-refractivity contribution is -0.394. The number of nitrogens with one attached hydrogen (secondary N) is 1. The van der Waals surface area contributed by atoms with Crippen LogP contribution in [-0.2, 0) is 11.3 Å². The molecular formula is C17H12N4O7. The number of aromatic hydroxyl groups is 1. The zero-order valence-corrected chi connectivity index (χ0v) is 14.1. The number of imide groups is 1. The molecule has 28 heavy (non-hydrogen) atoms. The van der Waals surface area contributed by atoms with Gasteiger partial charge < -0.3 is 10.4 Å². The molecule has 2 aromatic rings. The largest absolute Gasteiger partial charge is 0.502 e. The van der Waals surface area contributed by atoms with Crippen LogP contribution in [0.5, 0.6) is 5.75 Å². The molecule has 1 aliphatic heterocycles. The number of nitrogens with zero attached hydrogens (tertiary/aromatic N) is 3. The van der Waals surface area contributed by atoms with Crippen LogP contribution < -0.4 is 5.32 Å². The number of phenolic OH excluding ortho intramolecular Hbond substituents is 1. The molecule has 0 radical (unpaired) electrons. The summed E-state index contributed by atoms with van der Waals surface area (Å²) in [5.41, 5.74) is -1.45. The Morgan fingerprint density at radius 1 is 1.07 bits per heavy atom. The third-order valence-electron chi connectivity index (χ3n) is 3.96. The predicted molar refractivity (Wildman–Crippen MR) is 94.9 cm³/mol. The SMILES string of the molecule is O=C1N/C(=C/c2cc([N+](=O)[O-])cc([N+](=O)[O-])c2O)C(=O)N1Cc1ccccc1. The number of benzene rings is 2. The standard InChI is InChI=1S/C17H12N4O7/c22-15-11(6-12(20(25)26)8-14(15)21(27)28)7-13-16(23)19(17(24)18-13)9-10-4-2-1-3-5-10/h1-8,22H,9H2,(H,18,24)/b13-7+. The minimum atomic E-state index is -0.985. The second-order valence-electron chi connectivity index (χ2n) is 5.78. The number of hydrogen-bond donors (Lipinski definition) is 2. The molecule has 0 aliphatic carbocycles. The van der Waals surface area contributed by atoms with Crippen LogP contribution in [0.2, 0.25) is 0 Å². The lowest BCUT2D eigenvalue weighted by Gasteiger charge is -2.11. The lowest BCUT2D eigenvalue weighted by atomic mass is 10.1. The molecule has 2 N–H and O–H groups in total. The summed E-state index contributed by atoms with van der Waals surface area (Å²) in [7, 11) is 0. The smallest absolute Gasteiger partial charge is 0.329 e. The Morgan fingerprint density at radius 2 is 1.75 bits per heavy atom. The first kappa shape index (κ1) is 18.5. The van der Waals surface area contributed by atoms with Gasteiger partial charge in [-0.1, -0.05) is 30.3 Å². The molecule has 1 saturated heterocycles. The highest BCUT2D eigenvalue weighted by atomic mass is 16.6. The molecule has 0 spiro atoms. The van der Waals surface area contributed by atoms with E-state index in [4.69, 9.17) is 0 Å². The zero-order valence-electron chi connectivity index (χ0n) is 14.1. The van der Waals surface area contributed by atoms with Gasteiger partial charge in [-0.15, -0.1) is 0 Å². The quantitative estimate of drug-likeness (QED) is 0.347. The number of non-ortho nitro benzene ring substituents is 1. The van der Waals surface area contributed by atoms with Crippen LogP contribution in [0.4, 0.5) is 16.2 Å². The summed E-state index contributed by atoms with van der Waals surface area (Å²) in [5, 5.41) is 34.3. The second kappa shape index (κ2) is 7.15. The van der Waals surface area contributed by atoms with Gasteiger partial charge in [-0.3, -0.25) is 29.9 Å². The highest BCUT2D eigenvalue weighted by Crippen LogP contribution is 2.35. The summed E-state index contributed by atoms with van der Waals surface area (Å²) in [6.45, 7) is -0.0100. The van der Waals surface area contributed by atoms with Crippen LogP contribution in [0.1, 0.15) is 11.1 Å². The van der Waals surface area contributed by atoms with Crippen molar-refractivity contribution < 1.29 is 24.5 Å². The molecule has 3 rings (SSSR count). The van der Waals surface area contributed by atoms with Crippen molar-refractivity contribution in [3.63, 3.8) is 0 Å². The fraction of sp³-hybridized carbons (Fsp3) is 0.0588. The fourth-order valence-electron chi connectivity index (χ4n) is 2.62. The van der Waals surface area contributed by atoms with Crippen molar-refractivity contribution in [3.8, 4) is 5.75 Å². The summed E-state index contributed by atoms with van der Waals surface area (Å²) in [5.74, 6) is -1.59. The van der Waals surface area contributed by atoms with Gasteiger partial charge in [0, 0.05) is 11.6 Å². The topological polar surface area (TPSA) is 156 Å². The van der Waals surface area contributed by atoms with Crippen LogP contribution in [0, 0.1) is 20.2 Å². The van der Waals surface area contributed by atoms with Crippen LogP contribution >= 0.6 is 0 Å². The third kappa shape index (κ3) is 3.49. The summed E-state index contributed by atoms with van der Waals surface area (Å²) in [6, 6.07) is 9.45. The Bertz CT molecular complexity index is 1030. The predicted octanol–water partition coefficient (Wildman–Crippen LogP) is 2.30. The van der Waals surface area contributed by atoms with E-state index >= 15 is 0 Å². The Hall–Kier alpha value is -4.28. The summed E-state index contributed by atoms with van der Waals surface area (Å²) in [6.07, 6.45) is 0.959. The Balaban J connectivity index is 1.98. The summed E-state index contributed by atoms with van der Waals surface area (Å²) < 4.78 is 0. The van der Waals surface area contributed by atoms with Crippen LogP contribution in [-0.4, -0.2) is 31.8 Å². The first-order chi connectivity index (χ1) is 13.3. The zero-order chi connectivity index (χ0) is 20.4. The Labute approximate surface area is 156 Å². The molecule has 3 amide bonds. The van der Waals surface area contributed by atoms with E-state index in [1.807, 2.05) is 0 Å². The highest BCUT2D eigenvalue weighted by molar-refractivity contribution is 6.14. The van der Waals surface area contributed by atoms with Crippen LogP contribution in [0.15, 0.2) is 48.2 Å². The average molecular weight is 384 g/mol. The molecule has 11 nitrogen and oxygen atoms in total. The van der Waals surface area contributed by atoms with Gasteiger partial charge in [0.2, 0.25) is 5.75 Å². The highest BCUT2D eigenvalue weighted by Gasteiger charge is 2.34. The minimum Gasteiger partial charge on any atom is -0.502 e. The van der Waals surface area contributed by atoms with Crippen molar-refractivity contribution in [2.24, 2.45) is 0 Å². The molecule has 11 heteroatoms. The van der Waals surface area contributed by atoms with Crippen molar-refractivity contribution in [3.05, 3.63) is 79.5 Å². The summed E-state index contributed by atoms with van der Waals surface area (Å²) >= 11 is 0. The molecule has 2 aromatic carbocycles. The van der Waals surface area contributed by atoms with Crippen LogP contribution in [0.3, 0.4) is 0 Å². The van der Waals surface area contributed by atoms with E-state index in [2.05, 4.69) is 5.32 Å². The van der Waals surface area contributed by atoms with Crippen molar-refractivity contribution in [1.29, 1.82) is 0 Å². The number of hydrogen-bond acceptors (Lipinski definition) is 7. The number of carbonyl (C=O) groups is 2. The molecule has 1 aliphatic rings. The number of nitro benzene ring substituents is 2. The Morgan fingerprint density at radius 3 is 2.36 bits per heavy atom. The van der Waals surface area contributed by atoms with E-state index in [1.54, 1.807) is 30.3 Å². The average Bonchev–Trinajstić information content (AvgIpc) is 2.91. The van der Waals surface area contributed by atoms with Gasteiger partial charge in [0.05, 0.1) is 22.5 Å². The first-order valence-corrected chi connectivity index (χ1v) is 7.82. The maximum absolute atomic E-state index is 12.5. The maximum Gasteiger partial charge on any atom is 0.329 e. The molecule has 0 saturated carbocycles. The maximum atomic E-state index is 12.5. The molecule has 0 aromatic heterocycles. The molecule has 142 valence electrons. The molecule has 0 atom stereocenters. The van der Waals surface area contributed by atoms with E-state index in [1.165, 1.54) is 0 Å². The number of rotatable bonds is 5.